The lowest BCUT2D eigenvalue weighted by atomic mass is 10.0. The highest BCUT2D eigenvalue weighted by Gasteiger charge is 2.29. The summed E-state index contributed by atoms with van der Waals surface area (Å²) < 4.78 is 0. The Bertz CT molecular complexity index is 902. The van der Waals surface area contributed by atoms with E-state index in [-0.39, 0.29) is 0 Å². The quantitative estimate of drug-likeness (QED) is 0.407. The van der Waals surface area contributed by atoms with Crippen molar-refractivity contribution in [2.75, 3.05) is 13.6 Å². The van der Waals surface area contributed by atoms with Crippen LogP contribution in [0.15, 0.2) is 72.8 Å². The van der Waals surface area contributed by atoms with Crippen molar-refractivity contribution in [1.82, 2.24) is 5.32 Å². The average Bonchev–Trinajstić information content (AvgIpc) is 2.72. The topological polar surface area (TPSA) is 32.3 Å². The van der Waals surface area contributed by atoms with Crippen LogP contribution >= 0.6 is 35.0 Å². The van der Waals surface area contributed by atoms with Crippen LogP contribution in [0, 0.1) is 0 Å². The zero-order valence-corrected chi connectivity index (χ0v) is 18.0. The lowest BCUT2D eigenvalue weighted by Gasteiger charge is -2.28. The zero-order valence-electron chi connectivity index (χ0n) is 15.7. The molecule has 0 aromatic heterocycles. The molecule has 2 nitrogen and oxygen atoms in total. The number of aliphatic hydroxyl groups is 1. The summed E-state index contributed by atoms with van der Waals surface area (Å²) in [5.74, 6) is 0.594. The molecule has 2 N–H and O–H groups in total. The number of thioether (sulfide) groups is 1. The van der Waals surface area contributed by atoms with E-state index >= 15 is 0 Å². The van der Waals surface area contributed by atoms with Crippen molar-refractivity contribution >= 4 is 35.0 Å². The summed E-state index contributed by atoms with van der Waals surface area (Å²) in [5.41, 5.74) is 4.14. The first kappa shape index (κ1) is 21.2. The summed E-state index contributed by atoms with van der Waals surface area (Å²) in [6.45, 7) is 0.707. The van der Waals surface area contributed by atoms with Crippen molar-refractivity contribution in [3.63, 3.8) is 0 Å². The fourth-order valence-electron chi connectivity index (χ4n) is 2.98. The lowest BCUT2D eigenvalue weighted by molar-refractivity contribution is 0.127. The fourth-order valence-corrected chi connectivity index (χ4v) is 4.73. The van der Waals surface area contributed by atoms with E-state index < -0.39 is 4.93 Å². The highest BCUT2D eigenvalue weighted by molar-refractivity contribution is 7.99. The monoisotopic (exact) mass is 431 g/mol. The van der Waals surface area contributed by atoms with Crippen LogP contribution in [0.1, 0.15) is 17.5 Å². The molecule has 3 rings (SSSR count). The van der Waals surface area contributed by atoms with Gasteiger partial charge in [0.05, 0.1) is 0 Å². The summed E-state index contributed by atoms with van der Waals surface area (Å²) >= 11 is 13.8. The van der Waals surface area contributed by atoms with Gasteiger partial charge in [-0.2, -0.15) is 0 Å². The second-order valence-corrected chi connectivity index (χ2v) is 8.70. The van der Waals surface area contributed by atoms with Gasteiger partial charge in [-0.15, -0.1) is 11.8 Å². The van der Waals surface area contributed by atoms with Crippen LogP contribution in [-0.2, 0) is 10.7 Å². The Morgan fingerprint density at radius 1 is 0.929 bits per heavy atom. The summed E-state index contributed by atoms with van der Waals surface area (Å²) in [6.07, 6.45) is 0.587. The van der Waals surface area contributed by atoms with E-state index in [9.17, 15) is 5.11 Å². The van der Waals surface area contributed by atoms with Crippen molar-refractivity contribution in [2.45, 2.75) is 17.1 Å². The van der Waals surface area contributed by atoms with Crippen molar-refractivity contribution in [1.29, 1.82) is 0 Å². The standard InChI is InChI=1S/C23H23Cl2NOS/c1-26-14-13-23(27,28-16-19-9-12-21(24)15-22(19)25)20-10-7-18(8-11-20)17-5-3-2-4-6-17/h2-12,15,26-27H,13-14,16H2,1H3. The maximum atomic E-state index is 11.4. The second kappa shape index (κ2) is 9.82. The number of hydrogen-bond donors (Lipinski definition) is 2. The van der Waals surface area contributed by atoms with Gasteiger partial charge in [0.15, 0.2) is 0 Å². The van der Waals surface area contributed by atoms with Gasteiger partial charge >= 0.3 is 0 Å². The molecular weight excluding hydrogens is 409 g/mol. The Balaban J connectivity index is 1.81. The fraction of sp³-hybridized carbons (Fsp3) is 0.217. The van der Waals surface area contributed by atoms with Crippen LogP contribution in [0.25, 0.3) is 11.1 Å². The third-order valence-electron chi connectivity index (χ3n) is 4.64. The third kappa shape index (κ3) is 5.31. The Kier molecular flexibility index (Phi) is 7.44. The molecule has 1 atom stereocenters. The second-order valence-electron chi connectivity index (χ2n) is 6.61. The van der Waals surface area contributed by atoms with E-state index in [2.05, 4.69) is 29.6 Å². The van der Waals surface area contributed by atoms with Gasteiger partial charge < -0.3 is 10.4 Å². The molecule has 0 spiro atoms. The minimum atomic E-state index is -1.01. The van der Waals surface area contributed by atoms with Gasteiger partial charge in [-0.25, -0.2) is 0 Å². The molecule has 0 aliphatic rings. The minimum Gasteiger partial charge on any atom is -0.375 e. The molecule has 1 unspecified atom stereocenters. The molecule has 3 aromatic rings. The first-order chi connectivity index (χ1) is 13.5. The van der Waals surface area contributed by atoms with Gasteiger partial charge in [0.25, 0.3) is 0 Å². The summed E-state index contributed by atoms with van der Waals surface area (Å²) in [4.78, 5) is -1.01. The normalized spacial score (nSPS) is 13.3. The highest BCUT2D eigenvalue weighted by Crippen LogP contribution is 2.40. The average molecular weight is 432 g/mol. The van der Waals surface area contributed by atoms with Gasteiger partial charge in [0.2, 0.25) is 0 Å². The molecule has 0 saturated carbocycles. The lowest BCUT2D eigenvalue weighted by Crippen LogP contribution is -2.26. The Labute approximate surface area is 180 Å². The van der Waals surface area contributed by atoms with E-state index in [1.807, 2.05) is 49.5 Å². The van der Waals surface area contributed by atoms with E-state index in [0.29, 0.717) is 28.8 Å². The van der Waals surface area contributed by atoms with Crippen LogP contribution in [0.4, 0.5) is 0 Å². The highest BCUT2D eigenvalue weighted by atomic mass is 35.5. The molecule has 5 heteroatoms. The van der Waals surface area contributed by atoms with E-state index in [0.717, 1.165) is 22.3 Å². The largest absolute Gasteiger partial charge is 0.375 e. The van der Waals surface area contributed by atoms with Crippen molar-refractivity contribution in [3.8, 4) is 11.1 Å². The van der Waals surface area contributed by atoms with Crippen LogP contribution < -0.4 is 5.32 Å². The predicted octanol–water partition coefficient (Wildman–Crippen LogP) is 6.35. The minimum absolute atomic E-state index is 0.587. The number of benzene rings is 3. The number of hydrogen-bond acceptors (Lipinski definition) is 3. The SMILES string of the molecule is CNCCC(O)(SCc1ccc(Cl)cc1Cl)c1ccc(-c2ccccc2)cc1. The summed E-state index contributed by atoms with van der Waals surface area (Å²) in [7, 11) is 1.89. The number of rotatable bonds is 8. The van der Waals surface area contributed by atoms with Crippen LogP contribution in [0.3, 0.4) is 0 Å². The zero-order chi connectivity index (χ0) is 20.0. The molecule has 28 heavy (non-hydrogen) atoms. The predicted molar refractivity (Wildman–Crippen MR) is 122 cm³/mol. The van der Waals surface area contributed by atoms with Gasteiger partial charge in [-0.3, -0.25) is 0 Å². The molecule has 0 amide bonds. The Morgan fingerprint density at radius 3 is 2.25 bits per heavy atom. The molecule has 3 aromatic carbocycles. The van der Waals surface area contributed by atoms with Gasteiger partial charge in [0.1, 0.15) is 4.93 Å². The molecule has 0 bridgehead atoms. The number of halogens is 2. The molecule has 0 fully saturated rings. The Hall–Kier alpha value is -1.49. The Morgan fingerprint density at radius 2 is 1.61 bits per heavy atom. The van der Waals surface area contributed by atoms with E-state index in [1.54, 1.807) is 6.07 Å². The van der Waals surface area contributed by atoms with Crippen LogP contribution in [-0.4, -0.2) is 18.7 Å². The third-order valence-corrected chi connectivity index (χ3v) is 6.60. The first-order valence-electron chi connectivity index (χ1n) is 9.13. The van der Waals surface area contributed by atoms with E-state index in [1.165, 1.54) is 11.8 Å². The number of nitrogens with one attached hydrogen (secondary N) is 1. The molecule has 0 aliphatic heterocycles. The molecule has 146 valence electrons. The van der Waals surface area contributed by atoms with Gasteiger partial charge in [-0.05, 0) is 48.0 Å². The summed E-state index contributed by atoms with van der Waals surface area (Å²) in [5, 5.41) is 15.8. The van der Waals surface area contributed by atoms with Crippen molar-refractivity contribution in [3.05, 3.63) is 94.0 Å². The molecule has 0 saturated heterocycles. The first-order valence-corrected chi connectivity index (χ1v) is 10.9. The van der Waals surface area contributed by atoms with Crippen LogP contribution in [0.5, 0.6) is 0 Å². The van der Waals surface area contributed by atoms with Crippen molar-refractivity contribution in [2.24, 2.45) is 0 Å². The maximum Gasteiger partial charge on any atom is 0.137 e. The van der Waals surface area contributed by atoms with Crippen molar-refractivity contribution < 1.29 is 5.11 Å². The maximum absolute atomic E-state index is 11.4. The molecular formula is C23H23Cl2NOS. The smallest absolute Gasteiger partial charge is 0.137 e. The molecule has 0 aliphatic carbocycles. The van der Waals surface area contributed by atoms with Crippen LogP contribution in [0.2, 0.25) is 10.0 Å². The van der Waals surface area contributed by atoms with E-state index in [4.69, 9.17) is 23.2 Å². The molecule has 0 heterocycles. The molecule has 0 radical (unpaired) electrons. The van der Waals surface area contributed by atoms with Gasteiger partial charge in [0, 0.05) is 22.2 Å². The van der Waals surface area contributed by atoms with Gasteiger partial charge in [-0.1, -0.05) is 83.9 Å². The summed E-state index contributed by atoms with van der Waals surface area (Å²) in [6, 6.07) is 23.8.